The van der Waals surface area contributed by atoms with Gasteiger partial charge in [0.2, 0.25) is 0 Å². The summed E-state index contributed by atoms with van der Waals surface area (Å²) in [7, 11) is 3.54. The predicted octanol–water partition coefficient (Wildman–Crippen LogP) is 3.21. The number of rotatable bonds is 3. The number of anilines is 1. The minimum atomic E-state index is -4.64. The van der Waals surface area contributed by atoms with Crippen LogP contribution in [0.25, 0.3) is 0 Å². The zero-order valence-corrected chi connectivity index (χ0v) is 9.43. The van der Waals surface area contributed by atoms with Gasteiger partial charge in [0.15, 0.2) is 0 Å². The van der Waals surface area contributed by atoms with Gasteiger partial charge in [0.05, 0.1) is 0 Å². The standard InChI is InChI=1S/C11H14F3NO/c1-4-8-5-9(15(2)3)7-10(6-8)16-11(12,13)14/h5-7H,4H2,1-3H3. The van der Waals surface area contributed by atoms with Crippen molar-refractivity contribution in [1.29, 1.82) is 0 Å². The molecular weight excluding hydrogens is 219 g/mol. The summed E-state index contributed by atoms with van der Waals surface area (Å²) in [4.78, 5) is 1.74. The summed E-state index contributed by atoms with van der Waals surface area (Å²) in [5.41, 5.74) is 1.50. The van der Waals surface area contributed by atoms with Crippen LogP contribution in [-0.4, -0.2) is 20.5 Å². The molecule has 0 aliphatic rings. The average Bonchev–Trinajstić information content (AvgIpc) is 2.14. The highest BCUT2D eigenvalue weighted by atomic mass is 19.4. The normalized spacial score (nSPS) is 11.4. The van der Waals surface area contributed by atoms with E-state index in [0.717, 1.165) is 5.56 Å². The van der Waals surface area contributed by atoms with E-state index in [2.05, 4.69) is 4.74 Å². The molecule has 5 heteroatoms. The molecule has 0 unspecified atom stereocenters. The molecule has 0 saturated carbocycles. The summed E-state index contributed by atoms with van der Waals surface area (Å²) in [5.74, 6) is -0.171. The van der Waals surface area contributed by atoms with Crippen LogP contribution in [0.3, 0.4) is 0 Å². The van der Waals surface area contributed by atoms with Gasteiger partial charge < -0.3 is 9.64 Å². The Kier molecular flexibility index (Phi) is 3.67. The van der Waals surface area contributed by atoms with E-state index >= 15 is 0 Å². The number of aryl methyl sites for hydroxylation is 1. The maximum atomic E-state index is 12.1. The molecule has 0 aromatic heterocycles. The maximum absolute atomic E-state index is 12.1. The Labute approximate surface area is 92.6 Å². The Bertz CT molecular complexity index is 361. The SMILES string of the molecule is CCc1cc(OC(F)(F)F)cc(N(C)C)c1. The second kappa shape index (κ2) is 4.63. The van der Waals surface area contributed by atoms with Crippen LogP contribution < -0.4 is 9.64 Å². The van der Waals surface area contributed by atoms with Crippen molar-refractivity contribution in [1.82, 2.24) is 0 Å². The molecule has 0 atom stereocenters. The van der Waals surface area contributed by atoms with Crippen LogP contribution in [0.5, 0.6) is 5.75 Å². The van der Waals surface area contributed by atoms with Crippen molar-refractivity contribution in [2.75, 3.05) is 19.0 Å². The Morgan fingerprint density at radius 1 is 1.19 bits per heavy atom. The number of benzene rings is 1. The van der Waals surface area contributed by atoms with Gasteiger partial charge in [-0.3, -0.25) is 0 Å². The van der Waals surface area contributed by atoms with Crippen LogP contribution in [0.2, 0.25) is 0 Å². The first kappa shape index (κ1) is 12.7. The van der Waals surface area contributed by atoms with Gasteiger partial charge in [-0.15, -0.1) is 13.2 Å². The van der Waals surface area contributed by atoms with Crippen molar-refractivity contribution < 1.29 is 17.9 Å². The van der Waals surface area contributed by atoms with Gasteiger partial charge in [-0.1, -0.05) is 6.92 Å². The van der Waals surface area contributed by atoms with E-state index in [1.54, 1.807) is 19.0 Å². The Balaban J connectivity index is 3.04. The third kappa shape index (κ3) is 3.64. The fraction of sp³-hybridized carbons (Fsp3) is 0.455. The average molecular weight is 233 g/mol. The quantitative estimate of drug-likeness (QED) is 0.794. The van der Waals surface area contributed by atoms with Crippen molar-refractivity contribution in [3.8, 4) is 5.75 Å². The van der Waals surface area contributed by atoms with Gasteiger partial charge >= 0.3 is 6.36 Å². The molecule has 0 bridgehead atoms. The minimum Gasteiger partial charge on any atom is -0.406 e. The minimum absolute atomic E-state index is 0.171. The lowest BCUT2D eigenvalue weighted by atomic mass is 10.1. The Morgan fingerprint density at radius 2 is 1.81 bits per heavy atom. The van der Waals surface area contributed by atoms with Gasteiger partial charge in [-0.05, 0) is 24.1 Å². The highest BCUT2D eigenvalue weighted by Gasteiger charge is 2.31. The van der Waals surface area contributed by atoms with Crippen LogP contribution >= 0.6 is 0 Å². The summed E-state index contributed by atoms with van der Waals surface area (Å²) in [6.45, 7) is 1.88. The van der Waals surface area contributed by atoms with Gasteiger partial charge in [0.25, 0.3) is 0 Å². The molecule has 1 aromatic rings. The lowest BCUT2D eigenvalue weighted by Gasteiger charge is -2.16. The number of nitrogens with zero attached hydrogens (tertiary/aromatic N) is 1. The summed E-state index contributed by atoms with van der Waals surface area (Å²) >= 11 is 0. The van der Waals surface area contributed by atoms with Crippen LogP contribution in [0, 0.1) is 0 Å². The first-order chi connectivity index (χ1) is 7.31. The number of halogens is 3. The highest BCUT2D eigenvalue weighted by Crippen LogP contribution is 2.28. The molecule has 0 aliphatic carbocycles. The Hall–Kier alpha value is -1.39. The predicted molar refractivity (Wildman–Crippen MR) is 56.8 cm³/mol. The first-order valence-electron chi connectivity index (χ1n) is 4.89. The second-order valence-electron chi connectivity index (χ2n) is 3.63. The van der Waals surface area contributed by atoms with Crippen molar-refractivity contribution in [2.24, 2.45) is 0 Å². The third-order valence-electron chi connectivity index (χ3n) is 2.11. The molecule has 1 aromatic carbocycles. The molecule has 2 nitrogen and oxygen atoms in total. The molecule has 0 saturated heterocycles. The molecule has 0 N–H and O–H groups in total. The monoisotopic (exact) mass is 233 g/mol. The zero-order valence-electron chi connectivity index (χ0n) is 9.43. The summed E-state index contributed by atoms with van der Waals surface area (Å²) in [6.07, 6.45) is -3.98. The van der Waals surface area contributed by atoms with E-state index in [-0.39, 0.29) is 5.75 Å². The largest absolute Gasteiger partial charge is 0.573 e. The van der Waals surface area contributed by atoms with Crippen LogP contribution in [0.4, 0.5) is 18.9 Å². The van der Waals surface area contributed by atoms with Gasteiger partial charge in [0.1, 0.15) is 5.75 Å². The topological polar surface area (TPSA) is 12.5 Å². The zero-order chi connectivity index (χ0) is 12.3. The highest BCUT2D eigenvalue weighted by molar-refractivity contribution is 5.52. The molecule has 0 fully saturated rings. The van der Waals surface area contributed by atoms with Crippen LogP contribution in [0.15, 0.2) is 18.2 Å². The van der Waals surface area contributed by atoms with E-state index in [0.29, 0.717) is 12.1 Å². The molecule has 90 valence electrons. The van der Waals surface area contributed by atoms with E-state index in [4.69, 9.17) is 0 Å². The van der Waals surface area contributed by atoms with Crippen LogP contribution in [0.1, 0.15) is 12.5 Å². The van der Waals surface area contributed by atoms with Gasteiger partial charge in [-0.25, -0.2) is 0 Å². The van der Waals surface area contributed by atoms with Crippen molar-refractivity contribution in [2.45, 2.75) is 19.7 Å². The van der Waals surface area contributed by atoms with E-state index in [1.807, 2.05) is 13.0 Å². The number of ether oxygens (including phenoxy) is 1. The second-order valence-corrected chi connectivity index (χ2v) is 3.63. The molecule has 0 radical (unpaired) electrons. The number of alkyl halides is 3. The van der Waals surface area contributed by atoms with Gasteiger partial charge in [0, 0.05) is 25.8 Å². The molecule has 1 rings (SSSR count). The Morgan fingerprint density at radius 3 is 2.25 bits per heavy atom. The molecule has 0 amide bonds. The summed E-state index contributed by atoms with van der Waals surface area (Å²) in [5, 5.41) is 0. The van der Waals surface area contributed by atoms with Crippen molar-refractivity contribution in [3.63, 3.8) is 0 Å². The van der Waals surface area contributed by atoms with Crippen LogP contribution in [-0.2, 0) is 6.42 Å². The number of hydrogen-bond acceptors (Lipinski definition) is 2. The lowest BCUT2D eigenvalue weighted by molar-refractivity contribution is -0.274. The maximum Gasteiger partial charge on any atom is 0.573 e. The smallest absolute Gasteiger partial charge is 0.406 e. The first-order valence-corrected chi connectivity index (χ1v) is 4.89. The van der Waals surface area contributed by atoms with E-state index in [9.17, 15) is 13.2 Å². The molecule has 0 spiro atoms. The van der Waals surface area contributed by atoms with E-state index < -0.39 is 6.36 Å². The molecule has 0 heterocycles. The summed E-state index contributed by atoms with van der Waals surface area (Å²) < 4.78 is 40.1. The third-order valence-corrected chi connectivity index (χ3v) is 2.11. The van der Waals surface area contributed by atoms with Crippen molar-refractivity contribution >= 4 is 5.69 Å². The van der Waals surface area contributed by atoms with E-state index in [1.165, 1.54) is 12.1 Å². The molecule has 16 heavy (non-hydrogen) atoms. The fourth-order valence-corrected chi connectivity index (χ4v) is 1.30. The summed E-state index contributed by atoms with van der Waals surface area (Å²) in [6, 6.07) is 4.61. The lowest BCUT2D eigenvalue weighted by Crippen LogP contribution is -2.18. The molecule has 0 aliphatic heterocycles. The van der Waals surface area contributed by atoms with Crippen molar-refractivity contribution in [3.05, 3.63) is 23.8 Å². The number of hydrogen-bond donors (Lipinski definition) is 0. The van der Waals surface area contributed by atoms with Gasteiger partial charge in [-0.2, -0.15) is 0 Å². The fourth-order valence-electron chi connectivity index (χ4n) is 1.30. The molecular formula is C11H14F3NO.